The maximum Gasteiger partial charge on any atom is 0.0976 e. The smallest absolute Gasteiger partial charge is 0.0976 e. The van der Waals surface area contributed by atoms with Crippen LogP contribution in [0.4, 0.5) is 0 Å². The standard InChI is InChI=1S/C11H13NS/c1-13-11-10-7-3-2-5-9(10)6-4-8-12-11/h2-3,5,7H,4,6,8H2,1H3. The number of hydrogen-bond donors (Lipinski definition) is 0. The molecule has 1 aromatic rings. The molecule has 1 heterocycles. The van der Waals surface area contributed by atoms with Crippen LogP contribution >= 0.6 is 11.8 Å². The zero-order valence-corrected chi connectivity index (χ0v) is 8.60. The second kappa shape index (κ2) is 3.97. The predicted molar refractivity (Wildman–Crippen MR) is 59.7 cm³/mol. The highest BCUT2D eigenvalue weighted by molar-refractivity contribution is 8.13. The molecule has 68 valence electrons. The van der Waals surface area contributed by atoms with E-state index in [9.17, 15) is 0 Å². The molecule has 1 aliphatic rings. The number of thioether (sulfide) groups is 1. The molecule has 0 saturated heterocycles. The first kappa shape index (κ1) is 8.82. The second-order valence-corrected chi connectivity index (χ2v) is 3.95. The molecule has 0 radical (unpaired) electrons. The Kier molecular flexibility index (Phi) is 2.69. The minimum atomic E-state index is 0.977. The molecular weight excluding hydrogens is 178 g/mol. The zero-order valence-electron chi connectivity index (χ0n) is 7.79. The van der Waals surface area contributed by atoms with Gasteiger partial charge in [-0.1, -0.05) is 24.3 Å². The molecule has 0 atom stereocenters. The lowest BCUT2D eigenvalue weighted by atomic mass is 10.0. The number of rotatable bonds is 0. The quantitative estimate of drug-likeness (QED) is 0.614. The Hall–Kier alpha value is -0.760. The van der Waals surface area contributed by atoms with Crippen molar-refractivity contribution in [2.75, 3.05) is 12.8 Å². The zero-order chi connectivity index (χ0) is 9.10. The van der Waals surface area contributed by atoms with E-state index in [1.807, 2.05) is 0 Å². The van der Waals surface area contributed by atoms with Crippen LogP contribution in [0.3, 0.4) is 0 Å². The van der Waals surface area contributed by atoms with Gasteiger partial charge in [0, 0.05) is 12.1 Å². The Balaban J connectivity index is 2.47. The van der Waals surface area contributed by atoms with Gasteiger partial charge in [0.2, 0.25) is 0 Å². The Bertz CT molecular complexity index is 331. The minimum Gasteiger partial charge on any atom is -0.278 e. The first-order chi connectivity index (χ1) is 6.42. The van der Waals surface area contributed by atoms with E-state index in [4.69, 9.17) is 0 Å². The summed E-state index contributed by atoms with van der Waals surface area (Å²) in [4.78, 5) is 4.56. The van der Waals surface area contributed by atoms with Gasteiger partial charge in [-0.2, -0.15) is 0 Å². The summed E-state index contributed by atoms with van der Waals surface area (Å²) in [5.41, 5.74) is 2.79. The van der Waals surface area contributed by atoms with Crippen LogP contribution in [0.25, 0.3) is 0 Å². The molecule has 1 aliphatic heterocycles. The van der Waals surface area contributed by atoms with Gasteiger partial charge in [0.05, 0.1) is 5.04 Å². The largest absolute Gasteiger partial charge is 0.278 e. The van der Waals surface area contributed by atoms with Gasteiger partial charge < -0.3 is 0 Å². The summed E-state index contributed by atoms with van der Waals surface area (Å²) in [6.07, 6.45) is 4.45. The number of nitrogens with zero attached hydrogens (tertiary/aromatic N) is 1. The lowest BCUT2D eigenvalue weighted by Gasteiger charge is -2.05. The normalized spacial score (nSPS) is 15.9. The number of aliphatic imine (C=N–C) groups is 1. The molecule has 0 spiro atoms. The molecule has 2 heteroatoms. The maximum absolute atomic E-state index is 4.56. The summed E-state index contributed by atoms with van der Waals surface area (Å²) < 4.78 is 0. The van der Waals surface area contributed by atoms with Gasteiger partial charge in [-0.25, -0.2) is 0 Å². The van der Waals surface area contributed by atoms with Gasteiger partial charge in [0.15, 0.2) is 0 Å². The van der Waals surface area contributed by atoms with Gasteiger partial charge in [-0.15, -0.1) is 11.8 Å². The van der Waals surface area contributed by atoms with Gasteiger partial charge in [-0.3, -0.25) is 4.99 Å². The number of benzene rings is 1. The van der Waals surface area contributed by atoms with E-state index >= 15 is 0 Å². The highest BCUT2D eigenvalue weighted by Crippen LogP contribution is 2.20. The number of hydrogen-bond acceptors (Lipinski definition) is 2. The monoisotopic (exact) mass is 191 g/mol. The molecule has 13 heavy (non-hydrogen) atoms. The van der Waals surface area contributed by atoms with Crippen molar-refractivity contribution in [1.29, 1.82) is 0 Å². The summed E-state index contributed by atoms with van der Waals surface area (Å²) >= 11 is 1.75. The van der Waals surface area contributed by atoms with Crippen molar-refractivity contribution in [3.8, 4) is 0 Å². The summed E-state index contributed by atoms with van der Waals surface area (Å²) in [7, 11) is 0. The first-order valence-electron chi connectivity index (χ1n) is 4.58. The summed E-state index contributed by atoms with van der Waals surface area (Å²) in [5.74, 6) is 0. The fourth-order valence-electron chi connectivity index (χ4n) is 1.66. The van der Waals surface area contributed by atoms with E-state index in [1.165, 1.54) is 29.0 Å². The van der Waals surface area contributed by atoms with E-state index in [0.717, 1.165) is 6.54 Å². The van der Waals surface area contributed by atoms with Crippen molar-refractivity contribution in [2.45, 2.75) is 12.8 Å². The fraction of sp³-hybridized carbons (Fsp3) is 0.364. The van der Waals surface area contributed by atoms with Crippen LogP contribution in [0, 0.1) is 0 Å². The van der Waals surface area contributed by atoms with Crippen molar-refractivity contribution in [1.82, 2.24) is 0 Å². The molecule has 0 fully saturated rings. The Morgan fingerprint density at radius 2 is 2.15 bits per heavy atom. The Labute approximate surface area is 83.3 Å². The van der Waals surface area contributed by atoms with Crippen molar-refractivity contribution in [3.05, 3.63) is 35.4 Å². The van der Waals surface area contributed by atoms with Crippen LogP contribution in [-0.4, -0.2) is 17.8 Å². The molecule has 2 rings (SSSR count). The first-order valence-corrected chi connectivity index (χ1v) is 5.81. The molecule has 0 aliphatic carbocycles. The van der Waals surface area contributed by atoms with Gasteiger partial charge in [0.25, 0.3) is 0 Å². The topological polar surface area (TPSA) is 12.4 Å². The van der Waals surface area contributed by atoms with Crippen molar-refractivity contribution < 1.29 is 0 Å². The number of fused-ring (bicyclic) bond motifs is 1. The van der Waals surface area contributed by atoms with Crippen LogP contribution in [0.5, 0.6) is 0 Å². The summed E-state index contributed by atoms with van der Waals surface area (Å²) in [6.45, 7) is 0.977. The molecule has 0 aromatic heterocycles. The van der Waals surface area contributed by atoms with E-state index < -0.39 is 0 Å². The lowest BCUT2D eigenvalue weighted by molar-refractivity contribution is 0.845. The molecule has 0 amide bonds. The lowest BCUT2D eigenvalue weighted by Crippen LogP contribution is -1.97. The van der Waals surface area contributed by atoms with E-state index in [-0.39, 0.29) is 0 Å². The predicted octanol–water partition coefficient (Wildman–Crippen LogP) is 2.74. The van der Waals surface area contributed by atoms with E-state index in [0.29, 0.717) is 0 Å². The van der Waals surface area contributed by atoms with E-state index in [1.54, 1.807) is 11.8 Å². The van der Waals surface area contributed by atoms with Crippen molar-refractivity contribution in [3.63, 3.8) is 0 Å². The fourth-order valence-corrected chi connectivity index (χ4v) is 2.30. The van der Waals surface area contributed by atoms with Crippen LogP contribution in [-0.2, 0) is 6.42 Å². The van der Waals surface area contributed by atoms with E-state index in [2.05, 4.69) is 35.5 Å². The highest BCUT2D eigenvalue weighted by atomic mass is 32.2. The van der Waals surface area contributed by atoms with Crippen molar-refractivity contribution >= 4 is 16.8 Å². The van der Waals surface area contributed by atoms with Crippen molar-refractivity contribution in [2.24, 2.45) is 4.99 Å². The molecule has 1 aromatic carbocycles. The average molecular weight is 191 g/mol. The van der Waals surface area contributed by atoms with Gasteiger partial charge in [0.1, 0.15) is 0 Å². The van der Waals surface area contributed by atoms with Gasteiger partial charge >= 0.3 is 0 Å². The third kappa shape index (κ3) is 1.78. The third-order valence-corrected chi connectivity index (χ3v) is 3.04. The SMILES string of the molecule is CSC1=NCCCc2ccccc21. The molecule has 0 N–H and O–H groups in total. The van der Waals surface area contributed by atoms with Crippen LogP contribution in [0.15, 0.2) is 29.3 Å². The third-order valence-electron chi connectivity index (χ3n) is 2.30. The van der Waals surface area contributed by atoms with Gasteiger partial charge in [-0.05, 0) is 24.7 Å². The summed E-state index contributed by atoms with van der Waals surface area (Å²) in [6, 6.07) is 8.60. The molecule has 0 saturated carbocycles. The Morgan fingerprint density at radius 1 is 1.31 bits per heavy atom. The van der Waals surface area contributed by atoms with Crippen LogP contribution in [0.2, 0.25) is 0 Å². The Morgan fingerprint density at radius 3 is 3.00 bits per heavy atom. The second-order valence-electron chi connectivity index (χ2n) is 3.15. The molecular formula is C11H13NS. The maximum atomic E-state index is 4.56. The highest BCUT2D eigenvalue weighted by Gasteiger charge is 2.10. The average Bonchev–Trinajstić information content (AvgIpc) is 2.39. The number of aryl methyl sites for hydroxylation is 1. The minimum absolute atomic E-state index is 0.977. The van der Waals surface area contributed by atoms with Crippen LogP contribution in [0.1, 0.15) is 17.5 Å². The summed E-state index contributed by atoms with van der Waals surface area (Å²) in [5, 5.41) is 1.20. The van der Waals surface area contributed by atoms with Crippen LogP contribution < -0.4 is 0 Å². The molecule has 1 nitrogen and oxygen atoms in total. The molecule has 0 bridgehead atoms. The molecule has 0 unspecified atom stereocenters.